The highest BCUT2D eigenvalue weighted by molar-refractivity contribution is 8.00. The second-order valence-corrected chi connectivity index (χ2v) is 4.06. The number of amides is 1. The summed E-state index contributed by atoms with van der Waals surface area (Å²) in [5, 5.41) is 2.95. The number of hydrogen-bond donors (Lipinski definition) is 2. The van der Waals surface area contributed by atoms with Crippen molar-refractivity contribution in [3.05, 3.63) is 5.69 Å². The third-order valence-electron chi connectivity index (χ3n) is 1.25. The molecule has 1 aromatic rings. The Kier molecular flexibility index (Phi) is 2.93. The summed E-state index contributed by atoms with van der Waals surface area (Å²) < 4.78 is 0.811. The molecule has 0 spiro atoms. The van der Waals surface area contributed by atoms with Crippen molar-refractivity contribution in [3.63, 3.8) is 0 Å². The lowest BCUT2D eigenvalue weighted by atomic mass is 10.4. The van der Waals surface area contributed by atoms with Gasteiger partial charge in [-0.2, -0.15) is 0 Å². The Labute approximate surface area is 78.6 Å². The molecule has 4 nitrogen and oxygen atoms in total. The van der Waals surface area contributed by atoms with E-state index in [9.17, 15) is 4.79 Å². The summed E-state index contributed by atoms with van der Waals surface area (Å²) in [6.07, 6.45) is 1.89. The fourth-order valence-corrected chi connectivity index (χ4v) is 2.03. The molecule has 1 heterocycles. The summed E-state index contributed by atoms with van der Waals surface area (Å²) in [5.41, 5.74) is 5.90. The lowest BCUT2D eigenvalue weighted by Crippen LogP contribution is -2.19. The zero-order chi connectivity index (χ0) is 9.14. The molecule has 1 rings (SSSR count). The summed E-state index contributed by atoms with van der Waals surface area (Å²) in [5.74, 6) is -0.232. The Bertz CT molecular complexity index is 297. The predicted octanol–water partition coefficient (Wildman–Crippen LogP) is 0.807. The van der Waals surface area contributed by atoms with Crippen LogP contribution in [0.15, 0.2) is 4.34 Å². The molecular weight excluding hydrogens is 194 g/mol. The number of carbonyl (C=O) groups is 1. The quantitative estimate of drug-likeness (QED) is 0.698. The van der Waals surface area contributed by atoms with E-state index in [2.05, 4.69) is 10.3 Å². The maximum atomic E-state index is 11.1. The van der Waals surface area contributed by atoms with Crippen LogP contribution in [0.1, 0.15) is 10.5 Å². The van der Waals surface area contributed by atoms with Crippen LogP contribution in [-0.2, 0) is 0 Å². The first kappa shape index (κ1) is 9.34. The van der Waals surface area contributed by atoms with Crippen molar-refractivity contribution >= 4 is 34.0 Å². The van der Waals surface area contributed by atoms with Crippen molar-refractivity contribution in [3.8, 4) is 0 Å². The van der Waals surface area contributed by atoms with Gasteiger partial charge in [0.05, 0.1) is 0 Å². The maximum Gasteiger partial charge on any atom is 0.272 e. The van der Waals surface area contributed by atoms with Gasteiger partial charge in [-0.1, -0.05) is 23.1 Å². The molecule has 0 unspecified atom stereocenters. The molecule has 12 heavy (non-hydrogen) atoms. The topological polar surface area (TPSA) is 68.0 Å². The average molecular weight is 203 g/mol. The molecular formula is C6H9N3OS2. The van der Waals surface area contributed by atoms with Crippen LogP contribution >= 0.6 is 23.1 Å². The molecule has 0 fully saturated rings. The van der Waals surface area contributed by atoms with E-state index in [0.29, 0.717) is 10.7 Å². The van der Waals surface area contributed by atoms with E-state index in [-0.39, 0.29) is 5.91 Å². The van der Waals surface area contributed by atoms with Crippen LogP contribution in [0.5, 0.6) is 0 Å². The first-order valence-electron chi connectivity index (χ1n) is 3.21. The summed E-state index contributed by atoms with van der Waals surface area (Å²) >= 11 is 2.81. The number of thioether (sulfide) groups is 1. The first-order chi connectivity index (χ1) is 5.69. The number of anilines is 1. The van der Waals surface area contributed by atoms with E-state index in [4.69, 9.17) is 5.73 Å². The minimum atomic E-state index is -0.232. The van der Waals surface area contributed by atoms with Crippen LogP contribution in [0.3, 0.4) is 0 Å². The number of nitrogen functional groups attached to an aromatic ring is 1. The van der Waals surface area contributed by atoms with E-state index in [1.807, 2.05) is 6.26 Å². The number of nitrogens with two attached hydrogens (primary N) is 1. The van der Waals surface area contributed by atoms with Gasteiger partial charge in [-0.15, -0.1) is 0 Å². The molecule has 1 amide bonds. The van der Waals surface area contributed by atoms with Gasteiger partial charge in [0.15, 0.2) is 10.0 Å². The van der Waals surface area contributed by atoms with Crippen LogP contribution in [0.4, 0.5) is 5.00 Å². The Morgan fingerprint density at radius 2 is 2.42 bits per heavy atom. The standard InChI is InChI=1S/C6H9N3OS2/c1-8-5(10)3-4(7)12-6(9-3)11-2/h7H2,1-2H3,(H,8,10). The molecule has 0 aliphatic carbocycles. The van der Waals surface area contributed by atoms with Crippen molar-refractivity contribution in [2.75, 3.05) is 19.0 Å². The van der Waals surface area contributed by atoms with Gasteiger partial charge in [-0.25, -0.2) is 4.98 Å². The van der Waals surface area contributed by atoms with Gasteiger partial charge >= 0.3 is 0 Å². The zero-order valence-electron chi connectivity index (χ0n) is 6.75. The van der Waals surface area contributed by atoms with Crippen LogP contribution in [0.25, 0.3) is 0 Å². The zero-order valence-corrected chi connectivity index (χ0v) is 8.38. The lowest BCUT2D eigenvalue weighted by molar-refractivity contribution is 0.0959. The summed E-state index contributed by atoms with van der Waals surface area (Å²) in [4.78, 5) is 15.2. The molecule has 6 heteroatoms. The average Bonchev–Trinajstić information content (AvgIpc) is 2.45. The number of nitrogens with one attached hydrogen (secondary N) is 1. The van der Waals surface area contributed by atoms with Crippen LogP contribution in [0, 0.1) is 0 Å². The van der Waals surface area contributed by atoms with Crippen LogP contribution in [0.2, 0.25) is 0 Å². The molecule has 0 saturated carbocycles. The molecule has 1 aromatic heterocycles. The molecule has 0 radical (unpaired) electrons. The highest BCUT2D eigenvalue weighted by atomic mass is 32.2. The van der Waals surface area contributed by atoms with Gasteiger partial charge in [-0.05, 0) is 6.26 Å². The number of aromatic nitrogens is 1. The molecule has 66 valence electrons. The van der Waals surface area contributed by atoms with Gasteiger partial charge in [-0.3, -0.25) is 4.79 Å². The number of nitrogens with zero attached hydrogens (tertiary/aromatic N) is 1. The van der Waals surface area contributed by atoms with Crippen molar-refractivity contribution in [2.24, 2.45) is 0 Å². The van der Waals surface area contributed by atoms with Crippen LogP contribution < -0.4 is 11.1 Å². The lowest BCUT2D eigenvalue weighted by Gasteiger charge is -1.93. The van der Waals surface area contributed by atoms with Crippen molar-refractivity contribution < 1.29 is 4.79 Å². The SMILES string of the molecule is CNC(=O)c1nc(SC)sc1N. The molecule has 0 atom stereocenters. The van der Waals surface area contributed by atoms with E-state index in [1.165, 1.54) is 23.1 Å². The fourth-order valence-electron chi connectivity index (χ4n) is 0.680. The minimum Gasteiger partial charge on any atom is -0.389 e. The van der Waals surface area contributed by atoms with E-state index in [0.717, 1.165) is 4.34 Å². The smallest absolute Gasteiger partial charge is 0.272 e. The van der Waals surface area contributed by atoms with Gasteiger partial charge < -0.3 is 11.1 Å². The van der Waals surface area contributed by atoms with E-state index in [1.54, 1.807) is 7.05 Å². The third-order valence-corrected chi connectivity index (χ3v) is 3.12. The van der Waals surface area contributed by atoms with Crippen molar-refractivity contribution in [1.82, 2.24) is 10.3 Å². The monoisotopic (exact) mass is 203 g/mol. The summed E-state index contributed by atoms with van der Waals surface area (Å²) in [7, 11) is 1.56. The highest BCUT2D eigenvalue weighted by Gasteiger charge is 2.13. The third kappa shape index (κ3) is 1.70. The van der Waals surface area contributed by atoms with Crippen LogP contribution in [-0.4, -0.2) is 24.2 Å². The molecule has 3 N–H and O–H groups in total. The second kappa shape index (κ2) is 3.77. The molecule has 0 aliphatic rings. The second-order valence-electron chi connectivity index (χ2n) is 1.98. The normalized spacial score (nSPS) is 9.83. The maximum absolute atomic E-state index is 11.1. The van der Waals surface area contributed by atoms with Gasteiger partial charge in [0, 0.05) is 7.05 Å². The number of carbonyl (C=O) groups excluding carboxylic acids is 1. The van der Waals surface area contributed by atoms with E-state index >= 15 is 0 Å². The Hall–Kier alpha value is -0.750. The minimum absolute atomic E-state index is 0.232. The number of hydrogen-bond acceptors (Lipinski definition) is 5. The van der Waals surface area contributed by atoms with Gasteiger partial charge in [0.25, 0.3) is 5.91 Å². The molecule has 0 aromatic carbocycles. The fraction of sp³-hybridized carbons (Fsp3) is 0.333. The summed E-state index contributed by atoms with van der Waals surface area (Å²) in [6, 6.07) is 0. The first-order valence-corrected chi connectivity index (χ1v) is 5.25. The largest absolute Gasteiger partial charge is 0.389 e. The highest BCUT2D eigenvalue weighted by Crippen LogP contribution is 2.27. The Morgan fingerprint density at radius 1 is 1.75 bits per heavy atom. The Balaban J connectivity index is 2.99. The molecule has 0 saturated heterocycles. The van der Waals surface area contributed by atoms with Gasteiger partial charge in [0.2, 0.25) is 0 Å². The number of rotatable bonds is 2. The molecule has 0 bridgehead atoms. The summed E-state index contributed by atoms with van der Waals surface area (Å²) in [6.45, 7) is 0. The van der Waals surface area contributed by atoms with Crippen molar-refractivity contribution in [1.29, 1.82) is 0 Å². The predicted molar refractivity (Wildman–Crippen MR) is 51.7 cm³/mol. The van der Waals surface area contributed by atoms with Gasteiger partial charge in [0.1, 0.15) is 5.00 Å². The number of thiazole rings is 1. The molecule has 0 aliphatic heterocycles. The van der Waals surface area contributed by atoms with E-state index < -0.39 is 0 Å². The Morgan fingerprint density at radius 3 is 2.83 bits per heavy atom. The van der Waals surface area contributed by atoms with Crippen molar-refractivity contribution in [2.45, 2.75) is 4.34 Å².